The van der Waals surface area contributed by atoms with Crippen molar-refractivity contribution >= 4 is 118 Å². The molecule has 718 valence electrons. The highest BCUT2D eigenvalue weighted by Gasteiger charge is 2.47. The maximum absolute atomic E-state index is 15.7. The first-order valence-corrected chi connectivity index (χ1v) is 45.1. The summed E-state index contributed by atoms with van der Waals surface area (Å²) in [5.41, 5.74) is 13.5. The van der Waals surface area contributed by atoms with Crippen LogP contribution in [0.2, 0.25) is 0 Å². The summed E-state index contributed by atoms with van der Waals surface area (Å²) in [6.07, 6.45) is -1.66. The van der Waals surface area contributed by atoms with Gasteiger partial charge in [-0.1, -0.05) is 125 Å². The lowest BCUT2D eigenvalue weighted by atomic mass is 9.98. The van der Waals surface area contributed by atoms with Crippen LogP contribution in [0.3, 0.4) is 0 Å². The van der Waals surface area contributed by atoms with Crippen LogP contribution in [0, 0.1) is 23.4 Å². The summed E-state index contributed by atoms with van der Waals surface area (Å²) < 4.78 is 55.5. The number of thioether (sulfide) groups is 1. The minimum absolute atomic E-state index is 0.00345. The Kier molecular flexibility index (Phi) is 39.0. The van der Waals surface area contributed by atoms with Crippen molar-refractivity contribution in [1.82, 2.24) is 77.3 Å². The van der Waals surface area contributed by atoms with Crippen molar-refractivity contribution in [2.24, 2.45) is 17.4 Å². The Morgan fingerprint density at radius 2 is 1.14 bits per heavy atom. The molecule has 4 heterocycles. The van der Waals surface area contributed by atoms with E-state index in [9.17, 15) is 48.2 Å². The molecule has 0 radical (unpaired) electrons. The number of nitrogens with one attached hydrogen (secondary N) is 10. The number of amides is 15. The minimum atomic E-state index is -1.87. The average molecular weight is 1870 g/mol. The van der Waals surface area contributed by atoms with Gasteiger partial charge in [-0.3, -0.25) is 76.7 Å². The van der Waals surface area contributed by atoms with E-state index in [0.717, 1.165) is 19.6 Å². The zero-order valence-corrected chi connectivity index (χ0v) is 75.9. The van der Waals surface area contributed by atoms with Gasteiger partial charge in [0.05, 0.1) is 18.4 Å². The summed E-state index contributed by atoms with van der Waals surface area (Å²) >= 11 is 0.656. The molecule has 5 aromatic carbocycles. The number of para-hydroxylation sites is 1. The van der Waals surface area contributed by atoms with E-state index < -0.39 is 241 Å². The Bertz CT molecular complexity index is 5080. The first-order valence-electron chi connectivity index (χ1n) is 44.0. The Morgan fingerprint density at radius 3 is 1.77 bits per heavy atom. The highest BCUT2D eigenvalue weighted by Crippen LogP contribution is 2.29. The van der Waals surface area contributed by atoms with E-state index in [1.54, 1.807) is 105 Å². The van der Waals surface area contributed by atoms with Crippen LogP contribution in [0.4, 0.5) is 13.2 Å². The lowest BCUT2D eigenvalue weighted by Gasteiger charge is -2.38. The van der Waals surface area contributed by atoms with Gasteiger partial charge in [0, 0.05) is 109 Å². The number of hydrogen-bond acceptors (Lipinski definition) is 22. The van der Waals surface area contributed by atoms with E-state index >= 15 is 51.9 Å². The van der Waals surface area contributed by atoms with Gasteiger partial charge in [0.15, 0.2) is 17.5 Å². The van der Waals surface area contributed by atoms with Crippen LogP contribution in [0.1, 0.15) is 106 Å². The van der Waals surface area contributed by atoms with Gasteiger partial charge >= 0.3 is 0 Å². The predicted octanol–water partition coefficient (Wildman–Crippen LogP) is 0.259. The van der Waals surface area contributed by atoms with E-state index in [-0.39, 0.29) is 102 Å². The predicted molar refractivity (Wildman–Crippen MR) is 481 cm³/mol. The van der Waals surface area contributed by atoms with Gasteiger partial charge in [-0.2, -0.15) is 0 Å². The Labute approximate surface area is 771 Å². The topological polar surface area (TPSA) is 524 Å². The Hall–Kier alpha value is -13.0. The maximum Gasteiger partial charge on any atom is 0.293 e. The van der Waals surface area contributed by atoms with E-state index in [0.29, 0.717) is 69.9 Å². The number of ether oxygens (including phenoxy) is 2. The first-order chi connectivity index (χ1) is 63.5. The molecule has 15 amide bonds. The number of primary amides is 1. The van der Waals surface area contributed by atoms with Crippen LogP contribution >= 0.6 is 11.8 Å². The largest absolute Gasteiger partial charge is 0.508 e. The van der Waals surface area contributed by atoms with Crippen molar-refractivity contribution in [1.29, 1.82) is 0 Å². The summed E-state index contributed by atoms with van der Waals surface area (Å²) in [6.45, 7) is 2.55. The van der Waals surface area contributed by atoms with Crippen LogP contribution < -0.4 is 59.3 Å². The highest BCUT2D eigenvalue weighted by molar-refractivity contribution is 8.00. The number of phenols is 1. The van der Waals surface area contributed by atoms with E-state index in [2.05, 4.69) is 52.8 Å². The number of carbonyl (C=O) groups is 16. The molecule has 6 aromatic rings. The number of aliphatic hydroxyl groups excluding tert-OH is 1. The Morgan fingerprint density at radius 1 is 0.579 bits per heavy atom. The van der Waals surface area contributed by atoms with E-state index in [1.165, 1.54) is 57.4 Å². The fourth-order valence-electron chi connectivity index (χ4n) is 16.3. The summed E-state index contributed by atoms with van der Waals surface area (Å²) in [6, 6.07) is 9.37. The molecule has 16 N–H and O–H groups in total. The summed E-state index contributed by atoms with van der Waals surface area (Å²) in [5.74, 6) is -22.1. The third-order valence-corrected chi connectivity index (χ3v) is 24.6. The van der Waals surface area contributed by atoms with Gasteiger partial charge in [0.25, 0.3) is 6.47 Å². The van der Waals surface area contributed by atoms with Gasteiger partial charge in [-0.15, -0.1) is 11.8 Å². The highest BCUT2D eigenvalue weighted by atomic mass is 32.2. The number of rotatable bonds is 26. The molecule has 37 nitrogen and oxygen atoms in total. The number of nitrogens with two attached hydrogens (primary N) is 2. The van der Waals surface area contributed by atoms with E-state index in [4.69, 9.17) is 20.9 Å². The molecule has 0 aliphatic carbocycles. The molecular formula is C92H118F3N17O20S. The molecule has 0 spiro atoms. The SMILES string of the molecule is CCCC[C@H]1C(=O)N2CCC[C@@H]2C(=O)N[C@@H](COC=O)C(=O)N[C@@H](C(C)C)C(=O)N(C)[C@@H](Cc2ccccc2)C(=O)N[C@@H](CCCN)C(=O)N2C[C@H](O)C[C@@H]2C(=O)N[C@@H](Cc2c[nH]c3ccccc23)C(=O)N[C@@H](Cc2ccc(O)cc2)C(=O)N[C@@H](CCOC)C(=O)N[C@H](C(=O)NCC(N)=O)CSCC(=O)N[C@@H](Cc2cc(F)c(F)c(F)c2)C(=O)N(C)[C@@H](Cc2ccccc2)C(=O)N1C. The molecule has 41 heteroatoms. The molecule has 1 aromatic heterocycles. The lowest BCUT2D eigenvalue weighted by Crippen LogP contribution is -2.62. The quantitative estimate of drug-likeness (QED) is 0.0256. The normalized spacial score (nSPS) is 24.1. The van der Waals surface area contributed by atoms with Crippen molar-refractivity contribution in [3.8, 4) is 5.75 Å². The average Bonchev–Trinajstić information content (AvgIpc) is 1.74. The maximum atomic E-state index is 15.7. The van der Waals surface area contributed by atoms with Gasteiger partial charge in [-0.25, -0.2) is 13.2 Å². The summed E-state index contributed by atoms with van der Waals surface area (Å²) in [7, 11) is 5.07. The fraction of sp³-hybridized carbons (Fsp3) is 0.478. The molecule has 3 fully saturated rings. The third kappa shape index (κ3) is 28.7. The number of hydrogen-bond donors (Lipinski definition) is 14. The number of methoxy groups -OCH3 is 1. The molecule has 0 bridgehead atoms. The number of carbonyl (C=O) groups excluding carboxylic acids is 16. The molecule has 3 aliphatic heterocycles. The lowest BCUT2D eigenvalue weighted by molar-refractivity contribution is -0.152. The molecule has 0 unspecified atom stereocenters. The molecular weight excluding hydrogens is 1750 g/mol. The van der Waals surface area contributed by atoms with Gasteiger partial charge in [0.1, 0.15) is 90.9 Å². The zero-order chi connectivity index (χ0) is 96.9. The number of nitrogens with zero attached hydrogens (tertiary/aromatic N) is 5. The number of unbranched alkanes of at least 4 members (excludes halogenated alkanes) is 1. The number of phenolic OH excluding ortho intramolecular Hbond substituents is 1. The molecule has 3 aliphatic rings. The van der Waals surface area contributed by atoms with Crippen molar-refractivity contribution in [2.45, 2.75) is 195 Å². The van der Waals surface area contributed by atoms with Crippen LogP contribution in [-0.4, -0.2) is 299 Å². The van der Waals surface area contributed by atoms with Crippen LogP contribution in [0.25, 0.3) is 10.9 Å². The van der Waals surface area contributed by atoms with Crippen molar-refractivity contribution in [2.75, 3.05) is 79.2 Å². The van der Waals surface area contributed by atoms with Crippen LogP contribution in [-0.2, 0) is 118 Å². The number of aromatic hydroxyl groups is 1. The van der Waals surface area contributed by atoms with Crippen molar-refractivity contribution < 1.29 is 110 Å². The molecule has 14 atom stereocenters. The second kappa shape index (κ2) is 50.0. The minimum Gasteiger partial charge on any atom is -0.508 e. The van der Waals surface area contributed by atoms with Gasteiger partial charge in [0.2, 0.25) is 88.6 Å². The summed E-state index contributed by atoms with van der Waals surface area (Å²) in [4.78, 5) is 245. The number of aromatic amines is 1. The number of H-pyrrole nitrogens is 1. The zero-order valence-electron chi connectivity index (χ0n) is 75.1. The molecule has 3 saturated heterocycles. The number of benzene rings is 5. The number of aromatic nitrogens is 1. The molecule has 0 saturated carbocycles. The number of halogens is 3. The van der Waals surface area contributed by atoms with Crippen LogP contribution in [0.15, 0.2) is 128 Å². The standard InChI is InChI=1S/C92H118F3N17O20S/c1-8-9-27-72-91(129)111-35-19-28-71(111)85(123)105-69(48-132-51-113)84(122)107-79(52(2)3)92(130)109(5)73(41-53-20-12-10-13-21-53)86(124)102-65(26-18-34-96)89(127)112-47-59(115)44-74(112)87(125)104-67(43-57-45-98-63-25-17-16-24-60(57)63)83(121)103-66(39-55-29-31-58(114)32-30-55)82(120)101-64(33-36-131-7)81(119)106-70(80(118)99-46-76(97)116)49-133-50-77(117)100-68(40-56-37-61(93)78(95)62(94)38-56)88(126)110(6)75(90(128)108(72)4)42-54-22-14-11-15-23-54/h10-17,20-25,29-32,37-38,45,51-52,59,64-75,79,98,114-115H,8-9,18-19,26-28,33-36,39-44,46-50,96H2,1-7H3,(H2,97,116)(H,99,118)(H,100,117)(H,101,120)(H,102,124)(H,103,121)(H,104,125)(H,105,123)(H,106,119)(H,107,122)/t59-,64+,65+,66+,67+,68+,69+,70+,71-,72+,73+,74-,75+,79+/m1/s1. The molecule has 9 rings (SSSR count). The monoisotopic (exact) mass is 1870 g/mol. The van der Waals surface area contributed by atoms with Crippen molar-refractivity contribution in [3.63, 3.8) is 0 Å². The van der Waals surface area contributed by atoms with E-state index in [1.807, 2.05) is 6.92 Å². The van der Waals surface area contributed by atoms with Crippen molar-refractivity contribution in [3.05, 3.63) is 173 Å². The fourth-order valence-corrected chi connectivity index (χ4v) is 17.1. The second-order valence-corrected chi connectivity index (χ2v) is 34.6. The van der Waals surface area contributed by atoms with Crippen LogP contribution in [0.5, 0.6) is 5.75 Å². The van der Waals surface area contributed by atoms with Gasteiger partial charge in [-0.05, 0) is 109 Å². The third-order valence-electron chi connectivity index (χ3n) is 23.6. The number of fused-ring (bicyclic) bond motifs is 3. The van der Waals surface area contributed by atoms with Gasteiger partial charge < -0.3 is 108 Å². The first kappa shape index (κ1) is 104. The number of aliphatic hydroxyl groups is 1. The summed E-state index contributed by atoms with van der Waals surface area (Å²) in [5, 5.41) is 46.1. The molecule has 133 heavy (non-hydrogen) atoms. The number of likely N-dealkylation sites (N-methyl/N-ethyl adjacent to an activating group) is 3. The Balaban J connectivity index is 1.13. The smallest absolute Gasteiger partial charge is 0.293 e. The second-order valence-electron chi connectivity index (χ2n) is 33.6.